The summed E-state index contributed by atoms with van der Waals surface area (Å²) in [6.07, 6.45) is 3.56. The highest BCUT2D eigenvalue weighted by atomic mass is 79.9. The third kappa shape index (κ3) is 2.32. The number of hydrogen-bond donors (Lipinski definition) is 1. The van der Waals surface area contributed by atoms with Gasteiger partial charge >= 0.3 is 0 Å². The SMILES string of the molecule is Cn1cccc1C(=O)Nc1cccc2cc(Br)cnc12. The quantitative estimate of drug-likeness (QED) is 0.781. The Morgan fingerprint density at radius 1 is 1.30 bits per heavy atom. The standard InChI is InChI=1S/C15H12BrN3O/c1-19-7-3-6-13(19)15(20)18-12-5-2-4-10-8-11(16)9-17-14(10)12/h2-9H,1H3,(H,18,20). The number of nitrogens with zero attached hydrogens (tertiary/aromatic N) is 2. The van der Waals surface area contributed by atoms with E-state index < -0.39 is 0 Å². The smallest absolute Gasteiger partial charge is 0.272 e. The first-order valence-electron chi connectivity index (χ1n) is 6.12. The second-order valence-electron chi connectivity index (χ2n) is 4.49. The molecule has 0 aliphatic rings. The molecule has 0 unspecified atom stereocenters. The van der Waals surface area contributed by atoms with Gasteiger partial charge in [-0.25, -0.2) is 0 Å². The largest absolute Gasteiger partial charge is 0.347 e. The molecule has 3 aromatic rings. The Bertz CT molecular complexity index is 795. The van der Waals surface area contributed by atoms with E-state index in [1.54, 1.807) is 16.8 Å². The topological polar surface area (TPSA) is 46.9 Å². The minimum Gasteiger partial charge on any atom is -0.347 e. The molecule has 0 saturated carbocycles. The van der Waals surface area contributed by atoms with E-state index in [4.69, 9.17) is 0 Å². The van der Waals surface area contributed by atoms with E-state index in [9.17, 15) is 4.79 Å². The maximum absolute atomic E-state index is 12.2. The van der Waals surface area contributed by atoms with E-state index in [-0.39, 0.29) is 5.91 Å². The van der Waals surface area contributed by atoms with E-state index in [0.29, 0.717) is 11.4 Å². The molecule has 0 fully saturated rings. The van der Waals surface area contributed by atoms with Gasteiger partial charge < -0.3 is 9.88 Å². The molecule has 1 amide bonds. The van der Waals surface area contributed by atoms with E-state index in [2.05, 4.69) is 26.2 Å². The number of carbonyl (C=O) groups excluding carboxylic acids is 1. The molecule has 4 nitrogen and oxygen atoms in total. The van der Waals surface area contributed by atoms with Crippen molar-refractivity contribution in [2.24, 2.45) is 7.05 Å². The Balaban J connectivity index is 1.99. The molecule has 0 radical (unpaired) electrons. The Morgan fingerprint density at radius 3 is 2.90 bits per heavy atom. The minimum absolute atomic E-state index is 0.144. The van der Waals surface area contributed by atoms with Gasteiger partial charge in [0, 0.05) is 29.3 Å². The predicted octanol–water partition coefficient (Wildman–Crippen LogP) is 3.59. The van der Waals surface area contributed by atoms with Crippen LogP contribution in [0.4, 0.5) is 5.69 Å². The first-order chi connectivity index (χ1) is 9.65. The van der Waals surface area contributed by atoms with Gasteiger partial charge in [0.2, 0.25) is 0 Å². The summed E-state index contributed by atoms with van der Waals surface area (Å²) in [5.74, 6) is -0.144. The fourth-order valence-electron chi connectivity index (χ4n) is 2.12. The van der Waals surface area contributed by atoms with Crippen molar-refractivity contribution in [2.75, 3.05) is 5.32 Å². The second-order valence-corrected chi connectivity index (χ2v) is 5.40. The molecule has 20 heavy (non-hydrogen) atoms. The lowest BCUT2D eigenvalue weighted by atomic mass is 10.2. The monoisotopic (exact) mass is 329 g/mol. The number of aryl methyl sites for hydroxylation is 1. The number of para-hydroxylation sites is 1. The lowest BCUT2D eigenvalue weighted by Gasteiger charge is -2.08. The molecule has 0 atom stereocenters. The van der Waals surface area contributed by atoms with Crippen molar-refractivity contribution in [3.63, 3.8) is 0 Å². The van der Waals surface area contributed by atoms with Crippen LogP contribution in [0.3, 0.4) is 0 Å². The average Bonchev–Trinajstić information content (AvgIpc) is 2.85. The number of halogens is 1. The molecule has 3 rings (SSSR count). The lowest BCUT2D eigenvalue weighted by molar-refractivity contribution is 0.101. The van der Waals surface area contributed by atoms with Crippen LogP contribution < -0.4 is 5.32 Å². The maximum atomic E-state index is 12.2. The zero-order valence-corrected chi connectivity index (χ0v) is 12.4. The minimum atomic E-state index is -0.144. The molecular formula is C15H12BrN3O. The molecule has 5 heteroatoms. The highest BCUT2D eigenvalue weighted by molar-refractivity contribution is 9.10. The van der Waals surface area contributed by atoms with Crippen molar-refractivity contribution in [2.45, 2.75) is 0 Å². The number of nitrogens with one attached hydrogen (secondary N) is 1. The van der Waals surface area contributed by atoms with Crippen LogP contribution in [0.5, 0.6) is 0 Å². The van der Waals surface area contributed by atoms with Gasteiger partial charge in [0.25, 0.3) is 5.91 Å². The molecule has 2 heterocycles. The number of pyridine rings is 1. The van der Waals surface area contributed by atoms with Gasteiger partial charge in [0.05, 0.1) is 11.2 Å². The number of fused-ring (bicyclic) bond motifs is 1. The number of hydrogen-bond acceptors (Lipinski definition) is 2. The summed E-state index contributed by atoms with van der Waals surface area (Å²) in [5.41, 5.74) is 2.10. The lowest BCUT2D eigenvalue weighted by Crippen LogP contribution is -2.15. The van der Waals surface area contributed by atoms with Crippen molar-refractivity contribution in [1.29, 1.82) is 0 Å². The number of benzene rings is 1. The summed E-state index contributed by atoms with van der Waals surface area (Å²) in [4.78, 5) is 16.6. The summed E-state index contributed by atoms with van der Waals surface area (Å²) in [7, 11) is 1.84. The predicted molar refractivity (Wildman–Crippen MR) is 82.8 cm³/mol. The summed E-state index contributed by atoms with van der Waals surface area (Å²) >= 11 is 3.40. The molecule has 0 spiro atoms. The number of rotatable bonds is 2. The van der Waals surface area contributed by atoms with Crippen LogP contribution in [-0.4, -0.2) is 15.5 Å². The van der Waals surface area contributed by atoms with Crippen LogP contribution in [0.1, 0.15) is 10.5 Å². The van der Waals surface area contributed by atoms with Gasteiger partial charge in [-0.15, -0.1) is 0 Å². The van der Waals surface area contributed by atoms with E-state index in [0.717, 1.165) is 15.4 Å². The van der Waals surface area contributed by atoms with Crippen molar-refractivity contribution in [3.8, 4) is 0 Å². The molecular weight excluding hydrogens is 318 g/mol. The van der Waals surface area contributed by atoms with Gasteiger partial charge in [0.15, 0.2) is 0 Å². The van der Waals surface area contributed by atoms with Crippen LogP contribution >= 0.6 is 15.9 Å². The average molecular weight is 330 g/mol. The molecule has 1 aromatic carbocycles. The summed E-state index contributed by atoms with van der Waals surface area (Å²) in [6.45, 7) is 0. The molecule has 0 aliphatic carbocycles. The summed E-state index contributed by atoms with van der Waals surface area (Å²) in [6, 6.07) is 11.3. The Kier molecular flexibility index (Phi) is 3.28. The zero-order valence-electron chi connectivity index (χ0n) is 10.8. The fourth-order valence-corrected chi connectivity index (χ4v) is 2.47. The highest BCUT2D eigenvalue weighted by Gasteiger charge is 2.11. The first kappa shape index (κ1) is 12.9. The van der Waals surface area contributed by atoms with Crippen molar-refractivity contribution in [1.82, 2.24) is 9.55 Å². The van der Waals surface area contributed by atoms with E-state index in [1.165, 1.54) is 0 Å². The molecule has 1 N–H and O–H groups in total. The Hall–Kier alpha value is -2.14. The first-order valence-corrected chi connectivity index (χ1v) is 6.91. The van der Waals surface area contributed by atoms with Gasteiger partial charge in [0.1, 0.15) is 5.69 Å². The Labute approximate surface area is 124 Å². The molecule has 100 valence electrons. The third-order valence-electron chi connectivity index (χ3n) is 3.10. The van der Waals surface area contributed by atoms with Gasteiger partial charge in [-0.05, 0) is 40.2 Å². The molecule has 0 aliphatic heterocycles. The van der Waals surface area contributed by atoms with Gasteiger partial charge in [-0.3, -0.25) is 9.78 Å². The van der Waals surface area contributed by atoms with Crippen molar-refractivity contribution < 1.29 is 4.79 Å². The van der Waals surface area contributed by atoms with Crippen LogP contribution in [0.2, 0.25) is 0 Å². The third-order valence-corrected chi connectivity index (χ3v) is 3.54. The van der Waals surface area contributed by atoms with Crippen LogP contribution in [0.25, 0.3) is 10.9 Å². The molecule has 0 saturated heterocycles. The molecule has 0 bridgehead atoms. The number of aromatic nitrogens is 2. The summed E-state index contributed by atoms with van der Waals surface area (Å²) < 4.78 is 2.70. The maximum Gasteiger partial charge on any atom is 0.272 e. The molecule has 2 aromatic heterocycles. The van der Waals surface area contributed by atoms with Gasteiger partial charge in [-0.2, -0.15) is 0 Å². The van der Waals surface area contributed by atoms with Crippen LogP contribution in [-0.2, 0) is 7.05 Å². The van der Waals surface area contributed by atoms with Crippen molar-refractivity contribution >= 4 is 38.4 Å². The second kappa shape index (κ2) is 5.09. The number of anilines is 1. The normalized spacial score (nSPS) is 10.7. The van der Waals surface area contributed by atoms with E-state index >= 15 is 0 Å². The van der Waals surface area contributed by atoms with E-state index in [1.807, 2.05) is 43.6 Å². The van der Waals surface area contributed by atoms with Gasteiger partial charge in [-0.1, -0.05) is 12.1 Å². The number of carbonyl (C=O) groups is 1. The zero-order chi connectivity index (χ0) is 14.1. The summed E-state index contributed by atoms with van der Waals surface area (Å²) in [5, 5.41) is 3.89. The van der Waals surface area contributed by atoms with Crippen molar-refractivity contribution in [3.05, 3.63) is 59.0 Å². The van der Waals surface area contributed by atoms with Crippen LogP contribution in [0.15, 0.2) is 53.3 Å². The Morgan fingerprint density at radius 2 is 2.15 bits per heavy atom. The van der Waals surface area contributed by atoms with Crippen LogP contribution in [0, 0.1) is 0 Å². The highest BCUT2D eigenvalue weighted by Crippen LogP contribution is 2.24. The fraction of sp³-hybridized carbons (Fsp3) is 0.0667. The number of amides is 1.